The molecule has 156 valence electrons. The van der Waals surface area contributed by atoms with E-state index in [1.807, 2.05) is 0 Å². The molecular weight excluding hydrogens is 386 g/mol. The lowest BCUT2D eigenvalue weighted by Gasteiger charge is -2.08. The smallest absolute Gasteiger partial charge is 0.303 e. The summed E-state index contributed by atoms with van der Waals surface area (Å²) in [7, 11) is -2.08. The van der Waals surface area contributed by atoms with E-state index in [0.717, 1.165) is 16.5 Å². The van der Waals surface area contributed by atoms with Gasteiger partial charge in [-0.05, 0) is 50.7 Å². The number of nitrogens with one attached hydrogen (secondary N) is 2. The van der Waals surface area contributed by atoms with E-state index in [-0.39, 0.29) is 31.6 Å². The number of likely N-dealkylation sites (N-methyl/N-ethyl adjacent to an activating group) is 1. The lowest BCUT2D eigenvalue weighted by Crippen LogP contribution is -2.20. The van der Waals surface area contributed by atoms with Gasteiger partial charge in [-0.1, -0.05) is 6.07 Å². The largest absolute Gasteiger partial charge is 0.481 e. The van der Waals surface area contributed by atoms with Gasteiger partial charge in [0.25, 0.3) is 0 Å². The van der Waals surface area contributed by atoms with Crippen molar-refractivity contribution in [2.24, 2.45) is 0 Å². The summed E-state index contributed by atoms with van der Waals surface area (Å²) in [5.41, 5.74) is 2.07. The molecule has 0 radical (unpaired) electrons. The number of benzene rings is 1. The molecule has 2 rings (SSSR count). The van der Waals surface area contributed by atoms with Crippen LogP contribution < -0.4 is 4.72 Å². The molecule has 9 nitrogen and oxygen atoms in total. The number of fused-ring (bicyclic) bond motifs is 1. The molecule has 0 unspecified atom stereocenters. The summed E-state index contributed by atoms with van der Waals surface area (Å²) in [5.74, 6) is -2.33. The van der Waals surface area contributed by atoms with Gasteiger partial charge in [-0.25, -0.2) is 13.1 Å². The van der Waals surface area contributed by atoms with Crippen LogP contribution in [0.5, 0.6) is 0 Å². The Hall–Kier alpha value is -2.43. The van der Waals surface area contributed by atoms with Crippen molar-refractivity contribution in [2.75, 3.05) is 27.5 Å². The topological polar surface area (TPSA) is 140 Å². The van der Waals surface area contributed by atoms with Gasteiger partial charge in [-0.3, -0.25) is 9.59 Å². The lowest BCUT2D eigenvalue weighted by molar-refractivity contribution is -0.143. The number of aliphatic carboxylic acids is 2. The average Bonchev–Trinajstić information content (AvgIpc) is 3.07. The van der Waals surface area contributed by atoms with Gasteiger partial charge in [0.15, 0.2) is 0 Å². The van der Waals surface area contributed by atoms with Crippen LogP contribution in [0.2, 0.25) is 0 Å². The van der Waals surface area contributed by atoms with Crippen LogP contribution in [0.4, 0.5) is 0 Å². The van der Waals surface area contributed by atoms with Gasteiger partial charge in [-0.15, -0.1) is 0 Å². The number of nitrogens with zero attached hydrogens (tertiary/aromatic N) is 1. The molecule has 0 amide bonds. The van der Waals surface area contributed by atoms with Crippen LogP contribution in [0.25, 0.3) is 10.9 Å². The first-order valence-corrected chi connectivity index (χ1v) is 9.83. The van der Waals surface area contributed by atoms with Crippen molar-refractivity contribution in [3.05, 3.63) is 35.5 Å². The third-order valence-corrected chi connectivity index (χ3v) is 4.99. The number of aromatic nitrogens is 1. The van der Waals surface area contributed by atoms with Crippen molar-refractivity contribution in [1.82, 2.24) is 14.6 Å². The van der Waals surface area contributed by atoms with Crippen LogP contribution in [-0.2, 0) is 31.8 Å². The number of aromatic amines is 1. The summed E-state index contributed by atoms with van der Waals surface area (Å²) in [6, 6.07) is 5.14. The van der Waals surface area contributed by atoms with E-state index in [0.29, 0.717) is 10.5 Å². The molecule has 0 saturated carbocycles. The van der Waals surface area contributed by atoms with Crippen molar-refractivity contribution in [1.29, 1.82) is 0 Å². The van der Waals surface area contributed by atoms with E-state index in [1.165, 1.54) is 7.05 Å². The van der Waals surface area contributed by atoms with Gasteiger partial charge in [0.2, 0.25) is 10.0 Å². The number of rotatable bonds is 9. The number of hydrogen-bond donors (Lipinski definition) is 4. The first-order valence-electron chi connectivity index (χ1n) is 11.2. The molecule has 1 heterocycles. The highest BCUT2D eigenvalue weighted by Crippen LogP contribution is 2.21. The predicted molar refractivity (Wildman–Crippen MR) is 107 cm³/mol. The molecule has 1 aromatic carbocycles. The Kier molecular flexibility index (Phi) is 5.97. The third kappa shape index (κ3) is 8.51. The summed E-state index contributed by atoms with van der Waals surface area (Å²) in [4.78, 5) is 22.8. The zero-order valence-corrected chi connectivity index (χ0v) is 16.0. The second-order valence-electron chi connectivity index (χ2n) is 5.85. The van der Waals surface area contributed by atoms with Crippen molar-refractivity contribution in [3.8, 4) is 0 Å². The fourth-order valence-corrected chi connectivity index (χ4v) is 3.02. The number of carboxylic acid groups (broad SMARTS) is 2. The van der Waals surface area contributed by atoms with Gasteiger partial charge in [0.1, 0.15) is 0 Å². The lowest BCUT2D eigenvalue weighted by atomic mass is 10.1. The number of carbonyl (C=O) groups is 2. The Bertz CT molecular complexity index is 1070. The van der Waals surface area contributed by atoms with E-state index in [1.54, 1.807) is 24.4 Å². The molecule has 2 aromatic rings. The Morgan fingerprint density at radius 2 is 1.86 bits per heavy atom. The number of carboxylic acids is 2. The highest BCUT2D eigenvalue weighted by Gasteiger charge is 2.11. The second kappa shape index (κ2) is 10.8. The van der Waals surface area contributed by atoms with E-state index in [2.05, 4.69) is 9.71 Å². The standard InChI is InChI=1S/C14H21N3O2S.C4H6O4/c1-15-20(18,19)10-11-4-5-14-13(8-11)12(9-16-14)6-7-17(2)3;5-3(6)1-2-4(7)8/h4-5,8-9,15-16H,6-7,10H2,1-3H3;1-2H2,(H,5,6)(H,7,8)/i2D3,3D3;. The first kappa shape index (κ1) is 15.5. The normalized spacial score (nSPS) is 15.4. The van der Waals surface area contributed by atoms with Gasteiger partial charge in [-0.2, -0.15) is 0 Å². The van der Waals surface area contributed by atoms with Crippen LogP contribution in [0.3, 0.4) is 0 Å². The molecule has 0 bridgehead atoms. The molecule has 0 spiro atoms. The molecule has 1 aromatic heterocycles. The van der Waals surface area contributed by atoms with E-state index >= 15 is 0 Å². The Labute approximate surface area is 172 Å². The second-order valence-corrected chi connectivity index (χ2v) is 7.77. The maximum atomic E-state index is 11.7. The molecule has 4 N–H and O–H groups in total. The van der Waals surface area contributed by atoms with Crippen molar-refractivity contribution in [2.45, 2.75) is 25.0 Å². The zero-order chi connectivity index (χ0) is 26.3. The van der Waals surface area contributed by atoms with Crippen LogP contribution >= 0.6 is 0 Å². The minimum Gasteiger partial charge on any atom is -0.481 e. The predicted octanol–water partition coefficient (Wildman–Crippen LogP) is 1.26. The van der Waals surface area contributed by atoms with Crippen molar-refractivity contribution in [3.63, 3.8) is 0 Å². The van der Waals surface area contributed by atoms with Crippen LogP contribution in [0, 0.1) is 0 Å². The molecule has 10 heteroatoms. The zero-order valence-electron chi connectivity index (χ0n) is 21.2. The Morgan fingerprint density at radius 3 is 2.39 bits per heavy atom. The van der Waals surface area contributed by atoms with Crippen molar-refractivity contribution >= 4 is 32.9 Å². The van der Waals surface area contributed by atoms with Crippen LogP contribution in [0.1, 0.15) is 32.2 Å². The number of H-pyrrole nitrogens is 1. The summed E-state index contributed by atoms with van der Waals surface area (Å²) >= 11 is 0. The number of hydrogen-bond acceptors (Lipinski definition) is 5. The molecule has 28 heavy (non-hydrogen) atoms. The summed E-state index contributed by atoms with van der Waals surface area (Å²) in [6.45, 7) is -5.65. The minimum atomic E-state index is -3.42. The maximum absolute atomic E-state index is 11.7. The summed E-state index contributed by atoms with van der Waals surface area (Å²) in [5, 5.41) is 16.5. The highest BCUT2D eigenvalue weighted by atomic mass is 32.2. The fraction of sp³-hybridized carbons (Fsp3) is 0.444. The van der Waals surface area contributed by atoms with E-state index in [9.17, 15) is 18.0 Å². The first-order chi connectivity index (χ1) is 15.5. The van der Waals surface area contributed by atoms with Gasteiger partial charge >= 0.3 is 11.9 Å². The number of sulfonamides is 1. The van der Waals surface area contributed by atoms with Crippen molar-refractivity contribution < 1.29 is 36.4 Å². The molecule has 0 atom stereocenters. The van der Waals surface area contributed by atoms with E-state index in [4.69, 9.17) is 18.4 Å². The van der Waals surface area contributed by atoms with E-state index < -0.39 is 35.9 Å². The minimum absolute atomic E-state index is 0.180. The maximum Gasteiger partial charge on any atom is 0.303 e. The summed E-state index contributed by atoms with van der Waals surface area (Å²) < 4.78 is 70.1. The average molecular weight is 420 g/mol. The molecular formula is C18H27N3O6S. The van der Waals surface area contributed by atoms with Crippen LogP contribution in [0.15, 0.2) is 24.4 Å². The molecule has 0 aliphatic heterocycles. The highest BCUT2D eigenvalue weighted by molar-refractivity contribution is 7.88. The third-order valence-electron chi connectivity index (χ3n) is 3.66. The Balaban J connectivity index is 0.000000620. The fourth-order valence-electron chi connectivity index (χ4n) is 2.26. The molecule has 0 aliphatic carbocycles. The monoisotopic (exact) mass is 419 g/mol. The molecule has 0 fully saturated rings. The van der Waals surface area contributed by atoms with Gasteiger partial charge in [0, 0.05) is 31.9 Å². The summed E-state index contributed by atoms with van der Waals surface area (Å²) in [6.07, 6.45) is 1.28. The molecule has 0 aliphatic rings. The molecule has 0 saturated heterocycles. The quantitative estimate of drug-likeness (QED) is 0.480. The SMILES string of the molecule is O=C(O)CCC(=O)O.[2H]C([2H])([2H])N(CCc1c[nH]c2ccc(CS(=O)(=O)NC)cc12)C([2H])([2H])[2H]. The van der Waals surface area contributed by atoms with Gasteiger partial charge in [0.05, 0.1) is 18.6 Å². The van der Waals surface area contributed by atoms with Gasteiger partial charge < -0.3 is 20.1 Å². The van der Waals surface area contributed by atoms with Crippen LogP contribution in [-0.4, -0.2) is 68.0 Å². The Morgan fingerprint density at radius 1 is 1.21 bits per heavy atom.